The average Bonchev–Trinajstić information content (AvgIpc) is 2.56. The predicted molar refractivity (Wildman–Crippen MR) is 90.9 cm³/mol. The lowest BCUT2D eigenvalue weighted by Crippen LogP contribution is -2.36. The number of anilines is 1. The summed E-state index contributed by atoms with van der Waals surface area (Å²) in [5.41, 5.74) is 2.50. The van der Waals surface area contributed by atoms with Gasteiger partial charge in [-0.3, -0.25) is 0 Å². The molecule has 0 bridgehead atoms. The molecule has 5 nitrogen and oxygen atoms in total. The summed E-state index contributed by atoms with van der Waals surface area (Å²) >= 11 is 0. The molecule has 0 spiro atoms. The van der Waals surface area contributed by atoms with Crippen LogP contribution >= 0.6 is 0 Å². The minimum absolute atomic E-state index is 0.209. The first-order valence-electron chi connectivity index (χ1n) is 7.52. The van der Waals surface area contributed by atoms with Gasteiger partial charge in [0.25, 0.3) is 0 Å². The summed E-state index contributed by atoms with van der Waals surface area (Å²) in [5.74, 6) is 0. The summed E-state index contributed by atoms with van der Waals surface area (Å²) in [6.07, 6.45) is 0. The lowest BCUT2D eigenvalue weighted by Gasteiger charge is -2.30. The molecule has 0 N–H and O–H groups in total. The van der Waals surface area contributed by atoms with Crippen molar-refractivity contribution in [1.29, 1.82) is 0 Å². The van der Waals surface area contributed by atoms with Crippen LogP contribution in [0.3, 0.4) is 0 Å². The number of morpholine rings is 1. The van der Waals surface area contributed by atoms with Crippen molar-refractivity contribution in [2.24, 2.45) is 0 Å². The van der Waals surface area contributed by atoms with Gasteiger partial charge in [-0.15, -0.1) is 5.69 Å². The van der Waals surface area contributed by atoms with Gasteiger partial charge in [0.2, 0.25) is 0 Å². The van der Waals surface area contributed by atoms with Crippen molar-refractivity contribution >= 4 is 21.4 Å². The molecular formula is C17H19N2O3S-. The van der Waals surface area contributed by atoms with Gasteiger partial charge in [0.05, 0.1) is 18.1 Å². The Morgan fingerprint density at radius 1 is 0.957 bits per heavy atom. The monoisotopic (exact) mass is 331 g/mol. The second-order valence-corrected chi connectivity index (χ2v) is 7.10. The largest absolute Gasteiger partial charge is 0.573 e. The highest BCUT2D eigenvalue weighted by atomic mass is 32.2. The van der Waals surface area contributed by atoms with Crippen molar-refractivity contribution in [3.63, 3.8) is 0 Å². The second kappa shape index (κ2) is 6.60. The molecule has 0 aromatic heterocycles. The Balaban J connectivity index is 1.73. The fraction of sp³-hybridized carbons (Fsp3) is 0.294. The van der Waals surface area contributed by atoms with Crippen LogP contribution in [0, 0.1) is 6.92 Å². The SMILES string of the molecule is Cc1ccc(S(=O)(=O)[N-]c2ccc(N3CCOCC3)cc2)cc1. The highest BCUT2D eigenvalue weighted by molar-refractivity contribution is 7.94. The molecular weight excluding hydrogens is 312 g/mol. The zero-order valence-electron chi connectivity index (χ0n) is 13.0. The van der Waals surface area contributed by atoms with Gasteiger partial charge in [-0.1, -0.05) is 29.8 Å². The molecule has 0 aliphatic carbocycles. The maximum atomic E-state index is 12.3. The van der Waals surface area contributed by atoms with E-state index in [1.807, 2.05) is 19.1 Å². The lowest BCUT2D eigenvalue weighted by molar-refractivity contribution is 0.122. The van der Waals surface area contributed by atoms with Gasteiger partial charge in [0.1, 0.15) is 10.0 Å². The van der Waals surface area contributed by atoms with Gasteiger partial charge in [-0.25, -0.2) is 8.42 Å². The van der Waals surface area contributed by atoms with Crippen molar-refractivity contribution in [2.75, 3.05) is 31.2 Å². The van der Waals surface area contributed by atoms with Gasteiger partial charge >= 0.3 is 0 Å². The topological polar surface area (TPSA) is 60.7 Å². The highest BCUT2D eigenvalue weighted by Gasteiger charge is 2.10. The second-order valence-electron chi connectivity index (χ2n) is 5.50. The molecule has 3 rings (SSSR count). The van der Waals surface area contributed by atoms with Crippen LogP contribution in [-0.4, -0.2) is 34.7 Å². The van der Waals surface area contributed by atoms with Crippen LogP contribution < -0.4 is 4.90 Å². The number of benzene rings is 2. The maximum Gasteiger partial charge on any atom is 0.123 e. The summed E-state index contributed by atoms with van der Waals surface area (Å²) in [4.78, 5) is 2.42. The minimum atomic E-state index is -3.68. The van der Waals surface area contributed by atoms with E-state index in [1.54, 1.807) is 36.4 Å². The Bertz CT molecular complexity index is 749. The third kappa shape index (κ3) is 3.83. The lowest BCUT2D eigenvalue weighted by atomic mass is 10.2. The zero-order chi connectivity index (χ0) is 16.3. The predicted octanol–water partition coefficient (Wildman–Crippen LogP) is 3.23. The minimum Gasteiger partial charge on any atom is -0.573 e. The molecule has 2 aromatic rings. The Morgan fingerprint density at radius 3 is 2.17 bits per heavy atom. The molecule has 0 radical (unpaired) electrons. The summed E-state index contributed by atoms with van der Waals surface area (Å²) in [6, 6.07) is 14.0. The number of ether oxygens (including phenoxy) is 1. The average molecular weight is 331 g/mol. The highest BCUT2D eigenvalue weighted by Crippen LogP contribution is 2.29. The number of hydrogen-bond acceptors (Lipinski definition) is 4. The van der Waals surface area contributed by atoms with Gasteiger partial charge in [-0.05, 0) is 31.2 Å². The first-order valence-corrected chi connectivity index (χ1v) is 8.96. The molecule has 1 saturated heterocycles. The van der Waals surface area contributed by atoms with E-state index in [4.69, 9.17) is 4.74 Å². The van der Waals surface area contributed by atoms with Crippen molar-refractivity contribution in [3.8, 4) is 0 Å². The van der Waals surface area contributed by atoms with E-state index in [2.05, 4.69) is 9.62 Å². The zero-order valence-corrected chi connectivity index (χ0v) is 13.8. The van der Waals surface area contributed by atoms with Crippen LogP contribution in [0.2, 0.25) is 0 Å². The molecule has 0 amide bonds. The van der Waals surface area contributed by atoms with Crippen molar-refractivity contribution < 1.29 is 13.2 Å². The molecule has 0 saturated carbocycles. The Kier molecular flexibility index (Phi) is 4.54. The normalized spacial score (nSPS) is 15.4. The first-order chi connectivity index (χ1) is 11.0. The molecule has 122 valence electrons. The van der Waals surface area contributed by atoms with Crippen LogP contribution in [0.4, 0.5) is 11.4 Å². The Hall–Kier alpha value is -2.05. The Labute approximate surface area is 136 Å². The standard InChI is InChI=1S/C17H19N2O3S/c1-14-2-8-17(9-3-14)23(20,21)18-15-4-6-16(7-5-15)19-10-12-22-13-11-19/h2-9H,10-13H2,1H3/q-1. The fourth-order valence-corrected chi connectivity index (χ4v) is 3.43. The summed E-state index contributed by atoms with van der Waals surface area (Å²) in [5, 5.41) is 0. The number of sulfonamides is 1. The van der Waals surface area contributed by atoms with Gasteiger partial charge in [0.15, 0.2) is 0 Å². The van der Waals surface area contributed by atoms with E-state index < -0.39 is 10.0 Å². The van der Waals surface area contributed by atoms with Gasteiger partial charge < -0.3 is 14.4 Å². The molecule has 1 fully saturated rings. The number of nitrogens with zero attached hydrogens (tertiary/aromatic N) is 2. The van der Waals surface area contributed by atoms with Crippen LogP contribution in [0.1, 0.15) is 5.56 Å². The first kappa shape index (κ1) is 15.8. The number of aryl methyl sites for hydroxylation is 1. The maximum absolute atomic E-state index is 12.3. The van der Waals surface area contributed by atoms with Gasteiger partial charge in [0, 0.05) is 18.8 Å². The van der Waals surface area contributed by atoms with Gasteiger partial charge in [-0.2, -0.15) is 0 Å². The van der Waals surface area contributed by atoms with Crippen LogP contribution in [0.15, 0.2) is 53.4 Å². The van der Waals surface area contributed by atoms with Crippen LogP contribution in [0.25, 0.3) is 4.72 Å². The molecule has 0 unspecified atom stereocenters. The van der Waals surface area contributed by atoms with Crippen molar-refractivity contribution in [2.45, 2.75) is 11.8 Å². The molecule has 2 aromatic carbocycles. The van der Waals surface area contributed by atoms with E-state index in [1.165, 1.54) is 0 Å². The third-order valence-corrected chi connectivity index (χ3v) is 5.09. The molecule has 1 heterocycles. The van der Waals surface area contributed by atoms with E-state index in [-0.39, 0.29) is 4.90 Å². The summed E-state index contributed by atoms with van der Waals surface area (Å²) in [7, 11) is -3.68. The molecule has 0 atom stereocenters. The van der Waals surface area contributed by atoms with Crippen molar-refractivity contribution in [3.05, 3.63) is 58.8 Å². The van der Waals surface area contributed by atoms with E-state index in [0.29, 0.717) is 18.9 Å². The summed E-state index contributed by atoms with van der Waals surface area (Å²) < 4.78 is 33.8. The fourth-order valence-electron chi connectivity index (χ4n) is 2.45. The van der Waals surface area contributed by atoms with Crippen molar-refractivity contribution in [1.82, 2.24) is 0 Å². The van der Waals surface area contributed by atoms with E-state index in [0.717, 1.165) is 24.3 Å². The molecule has 6 heteroatoms. The quantitative estimate of drug-likeness (QED) is 0.863. The van der Waals surface area contributed by atoms with E-state index >= 15 is 0 Å². The molecule has 1 aliphatic heterocycles. The summed E-state index contributed by atoms with van der Waals surface area (Å²) in [6.45, 7) is 5.04. The third-order valence-electron chi connectivity index (χ3n) is 3.77. The Morgan fingerprint density at radius 2 is 1.57 bits per heavy atom. The smallest absolute Gasteiger partial charge is 0.123 e. The van der Waals surface area contributed by atoms with E-state index in [9.17, 15) is 8.42 Å². The van der Waals surface area contributed by atoms with Crippen LogP contribution in [-0.2, 0) is 14.8 Å². The number of rotatable bonds is 4. The molecule has 23 heavy (non-hydrogen) atoms. The van der Waals surface area contributed by atoms with Crippen LogP contribution in [0.5, 0.6) is 0 Å². The number of hydrogen-bond donors (Lipinski definition) is 0. The molecule has 1 aliphatic rings.